The quantitative estimate of drug-likeness (QED) is 0.468. The normalized spacial score (nSPS) is 18.9. The fourth-order valence-electron chi connectivity index (χ4n) is 4.70. The fraction of sp³-hybridized carbons (Fsp3) is 0.379. The van der Waals surface area contributed by atoms with Gasteiger partial charge < -0.3 is 30.3 Å². The zero-order chi connectivity index (χ0) is 26.5. The molecule has 1 aliphatic rings. The van der Waals surface area contributed by atoms with Gasteiger partial charge in [0.2, 0.25) is 5.91 Å². The molecule has 3 atom stereocenters. The molecule has 3 amide bonds. The third-order valence-electron chi connectivity index (χ3n) is 6.76. The average Bonchev–Trinajstić information content (AvgIpc) is 2.91. The van der Waals surface area contributed by atoms with Gasteiger partial charge in [0.1, 0.15) is 11.9 Å². The number of nitrogens with one attached hydrogen (secondary N) is 2. The lowest BCUT2D eigenvalue weighted by Crippen LogP contribution is -2.47. The number of hydrogen-bond acceptors (Lipinski definition) is 5. The molecule has 8 nitrogen and oxygen atoms in total. The Balaban J connectivity index is 1.58. The van der Waals surface area contributed by atoms with Crippen LogP contribution in [-0.2, 0) is 11.2 Å². The maximum absolute atomic E-state index is 13.3. The molecule has 0 saturated carbocycles. The van der Waals surface area contributed by atoms with E-state index in [1.54, 1.807) is 17.0 Å². The molecule has 0 spiro atoms. The van der Waals surface area contributed by atoms with E-state index in [4.69, 9.17) is 4.74 Å². The monoisotopic (exact) mass is 504 g/mol. The average molecular weight is 505 g/mol. The van der Waals surface area contributed by atoms with Gasteiger partial charge in [-0.05, 0) is 50.7 Å². The van der Waals surface area contributed by atoms with E-state index in [0.717, 1.165) is 10.8 Å². The molecule has 0 fully saturated rings. The van der Waals surface area contributed by atoms with Gasteiger partial charge in [-0.1, -0.05) is 43.3 Å². The Labute approximate surface area is 218 Å². The maximum atomic E-state index is 13.3. The van der Waals surface area contributed by atoms with E-state index in [1.165, 1.54) is 0 Å². The Morgan fingerprint density at radius 2 is 1.89 bits per heavy atom. The van der Waals surface area contributed by atoms with Crippen LogP contribution in [0.3, 0.4) is 0 Å². The summed E-state index contributed by atoms with van der Waals surface area (Å²) in [5, 5.41) is 17.6. The summed E-state index contributed by atoms with van der Waals surface area (Å²) in [6.45, 7) is 4.98. The number of likely N-dealkylation sites (N-methyl/N-ethyl adjacent to an activating group) is 1. The molecular weight excluding hydrogens is 468 g/mol. The van der Waals surface area contributed by atoms with Gasteiger partial charge in [0.05, 0.1) is 24.8 Å². The number of amides is 3. The number of ether oxygens (including phenoxy) is 1. The number of fused-ring (bicyclic) bond motifs is 2. The SMILES string of the molecule is C[C@@H]1CN([C@H](C)CO)C(=O)Cc2cc(NC(=O)Nc3cccc4ccccc34)ccc2O[C@H]1CN(C)C. The second-order valence-electron chi connectivity index (χ2n) is 10.1. The first-order valence-corrected chi connectivity index (χ1v) is 12.7. The van der Waals surface area contributed by atoms with Crippen molar-refractivity contribution in [2.75, 3.05) is 44.4 Å². The highest BCUT2D eigenvalue weighted by Gasteiger charge is 2.30. The molecular formula is C29H36N4O4. The molecule has 1 aliphatic heterocycles. The molecule has 0 saturated heterocycles. The second-order valence-corrected chi connectivity index (χ2v) is 10.1. The fourth-order valence-corrected chi connectivity index (χ4v) is 4.70. The van der Waals surface area contributed by atoms with Crippen LogP contribution in [0.4, 0.5) is 16.2 Å². The lowest BCUT2D eigenvalue weighted by molar-refractivity contribution is -0.134. The number of anilines is 2. The van der Waals surface area contributed by atoms with Gasteiger partial charge in [-0.15, -0.1) is 0 Å². The van der Waals surface area contributed by atoms with Crippen LogP contribution in [0, 0.1) is 5.92 Å². The van der Waals surface area contributed by atoms with E-state index < -0.39 is 0 Å². The smallest absolute Gasteiger partial charge is 0.323 e. The first kappa shape index (κ1) is 26.4. The van der Waals surface area contributed by atoms with Gasteiger partial charge in [0.25, 0.3) is 0 Å². The molecule has 1 heterocycles. The minimum atomic E-state index is -0.374. The molecule has 0 radical (unpaired) electrons. The Kier molecular flexibility index (Phi) is 8.31. The lowest BCUT2D eigenvalue weighted by Gasteiger charge is -2.33. The maximum Gasteiger partial charge on any atom is 0.323 e. The number of benzene rings is 3. The van der Waals surface area contributed by atoms with Gasteiger partial charge in [-0.25, -0.2) is 4.79 Å². The summed E-state index contributed by atoms with van der Waals surface area (Å²) in [7, 11) is 3.98. The molecule has 3 aromatic rings. The molecule has 0 aromatic heterocycles. The Morgan fingerprint density at radius 1 is 1.14 bits per heavy atom. The van der Waals surface area contributed by atoms with E-state index in [0.29, 0.717) is 35.8 Å². The predicted octanol–water partition coefficient (Wildman–Crippen LogP) is 4.19. The van der Waals surface area contributed by atoms with E-state index in [2.05, 4.69) is 22.5 Å². The van der Waals surface area contributed by atoms with Crippen molar-refractivity contribution in [3.63, 3.8) is 0 Å². The molecule has 37 heavy (non-hydrogen) atoms. The third-order valence-corrected chi connectivity index (χ3v) is 6.76. The summed E-state index contributed by atoms with van der Waals surface area (Å²) in [6, 6.07) is 18.3. The Hall–Kier alpha value is -3.62. The van der Waals surface area contributed by atoms with Crippen LogP contribution in [-0.4, -0.2) is 72.8 Å². The summed E-state index contributed by atoms with van der Waals surface area (Å²) >= 11 is 0. The van der Waals surface area contributed by atoms with Gasteiger partial charge in [0.15, 0.2) is 0 Å². The van der Waals surface area contributed by atoms with Crippen LogP contribution in [0.15, 0.2) is 60.7 Å². The number of carbonyl (C=O) groups is 2. The molecule has 8 heteroatoms. The highest BCUT2D eigenvalue weighted by Crippen LogP contribution is 2.29. The standard InChI is InChI=1S/C29H36N4O4/c1-19-16-33(20(2)18-34)28(35)15-22-14-23(12-13-26(22)37-27(19)17-32(3)4)30-29(36)31-25-11-7-9-21-8-5-6-10-24(21)25/h5-14,19-20,27,34H,15-18H2,1-4H3,(H2,30,31,36)/t19-,20-,27+/m1/s1. The number of nitrogens with zero attached hydrogens (tertiary/aromatic N) is 2. The molecule has 0 bridgehead atoms. The highest BCUT2D eigenvalue weighted by molar-refractivity contribution is 6.06. The highest BCUT2D eigenvalue weighted by atomic mass is 16.5. The number of carbonyl (C=O) groups excluding carboxylic acids is 2. The summed E-state index contributed by atoms with van der Waals surface area (Å²) in [6.07, 6.45) is -0.0387. The van der Waals surface area contributed by atoms with Crippen molar-refractivity contribution in [3.05, 3.63) is 66.2 Å². The van der Waals surface area contributed by atoms with Crippen LogP contribution in [0.25, 0.3) is 10.8 Å². The minimum absolute atomic E-state index is 0.0515. The predicted molar refractivity (Wildman–Crippen MR) is 147 cm³/mol. The van der Waals surface area contributed by atoms with E-state index >= 15 is 0 Å². The van der Waals surface area contributed by atoms with Gasteiger partial charge in [-0.3, -0.25) is 4.79 Å². The van der Waals surface area contributed by atoms with Gasteiger partial charge in [-0.2, -0.15) is 0 Å². The lowest BCUT2D eigenvalue weighted by atomic mass is 10.0. The summed E-state index contributed by atoms with van der Waals surface area (Å²) in [5.41, 5.74) is 1.97. The van der Waals surface area contributed by atoms with Crippen molar-refractivity contribution in [2.45, 2.75) is 32.4 Å². The van der Waals surface area contributed by atoms with Crippen LogP contribution in [0.5, 0.6) is 5.75 Å². The molecule has 0 aliphatic carbocycles. The molecule has 4 rings (SSSR count). The van der Waals surface area contributed by atoms with Crippen molar-refractivity contribution in [3.8, 4) is 5.75 Å². The second kappa shape index (κ2) is 11.6. The van der Waals surface area contributed by atoms with Crippen molar-refractivity contribution in [2.24, 2.45) is 5.92 Å². The zero-order valence-electron chi connectivity index (χ0n) is 21.9. The van der Waals surface area contributed by atoms with Crippen LogP contribution in [0.2, 0.25) is 0 Å². The van der Waals surface area contributed by atoms with E-state index in [1.807, 2.05) is 69.6 Å². The van der Waals surface area contributed by atoms with Crippen LogP contribution in [0.1, 0.15) is 19.4 Å². The molecule has 0 unspecified atom stereocenters. The third kappa shape index (κ3) is 6.39. The zero-order valence-corrected chi connectivity index (χ0v) is 21.9. The van der Waals surface area contributed by atoms with Crippen molar-refractivity contribution in [1.29, 1.82) is 0 Å². The number of aliphatic hydroxyl groups is 1. The van der Waals surface area contributed by atoms with Crippen molar-refractivity contribution < 1.29 is 19.4 Å². The van der Waals surface area contributed by atoms with Crippen LogP contribution >= 0.6 is 0 Å². The first-order valence-electron chi connectivity index (χ1n) is 12.7. The summed E-state index contributed by atoms with van der Waals surface area (Å²) in [4.78, 5) is 30.0. The van der Waals surface area contributed by atoms with E-state index in [-0.39, 0.29) is 43.0 Å². The number of urea groups is 1. The minimum Gasteiger partial charge on any atom is -0.488 e. The molecule has 196 valence electrons. The van der Waals surface area contributed by atoms with Crippen molar-refractivity contribution >= 4 is 34.1 Å². The number of rotatable bonds is 6. The Morgan fingerprint density at radius 3 is 2.65 bits per heavy atom. The largest absolute Gasteiger partial charge is 0.488 e. The summed E-state index contributed by atoms with van der Waals surface area (Å²) < 4.78 is 6.44. The van der Waals surface area contributed by atoms with Gasteiger partial charge in [0, 0.05) is 35.6 Å². The topological polar surface area (TPSA) is 94.1 Å². The van der Waals surface area contributed by atoms with E-state index in [9.17, 15) is 14.7 Å². The first-order chi connectivity index (χ1) is 17.7. The van der Waals surface area contributed by atoms with Crippen LogP contribution < -0.4 is 15.4 Å². The summed E-state index contributed by atoms with van der Waals surface area (Å²) in [5.74, 6) is 0.599. The number of aliphatic hydroxyl groups excluding tert-OH is 1. The molecule has 3 aromatic carbocycles. The Bertz CT molecular complexity index is 1260. The van der Waals surface area contributed by atoms with Crippen molar-refractivity contribution in [1.82, 2.24) is 9.80 Å². The molecule has 3 N–H and O–H groups in total. The van der Waals surface area contributed by atoms with Gasteiger partial charge >= 0.3 is 6.03 Å². The number of hydrogen-bond donors (Lipinski definition) is 3.